The van der Waals surface area contributed by atoms with Crippen LogP contribution in [0.25, 0.3) is 0 Å². The highest BCUT2D eigenvalue weighted by Gasteiger charge is 2.03. The van der Waals surface area contributed by atoms with Gasteiger partial charge in [-0.1, -0.05) is 12.1 Å². The summed E-state index contributed by atoms with van der Waals surface area (Å²) in [6.45, 7) is 9.31. The molecule has 0 bridgehead atoms. The average molecular weight is 420 g/mol. The first-order chi connectivity index (χ1) is 14.1. The van der Waals surface area contributed by atoms with Gasteiger partial charge in [0.05, 0.1) is 19.7 Å². The molecule has 0 aliphatic rings. The summed E-state index contributed by atoms with van der Waals surface area (Å²) >= 11 is 1.69. The van der Waals surface area contributed by atoms with Gasteiger partial charge in [0.2, 0.25) is 0 Å². The number of benzene rings is 1. The van der Waals surface area contributed by atoms with E-state index < -0.39 is 0 Å². The first-order valence-electron chi connectivity index (χ1n) is 9.93. The van der Waals surface area contributed by atoms with Crippen LogP contribution in [0.2, 0.25) is 0 Å². The van der Waals surface area contributed by atoms with Gasteiger partial charge in [0, 0.05) is 37.8 Å². The molecule has 0 saturated carbocycles. The number of hydrogen-bond donors (Lipinski definition) is 2. The van der Waals surface area contributed by atoms with Crippen molar-refractivity contribution >= 4 is 17.3 Å². The Morgan fingerprint density at radius 1 is 1.24 bits per heavy atom. The van der Waals surface area contributed by atoms with E-state index in [1.54, 1.807) is 18.4 Å². The fourth-order valence-corrected chi connectivity index (χ4v) is 3.29. The van der Waals surface area contributed by atoms with Crippen LogP contribution < -0.4 is 15.4 Å². The Morgan fingerprint density at radius 3 is 2.79 bits per heavy atom. The number of thiazole rings is 1. The first kappa shape index (κ1) is 23.1. The van der Waals surface area contributed by atoms with Gasteiger partial charge in [0.1, 0.15) is 17.4 Å². The largest absolute Gasteiger partial charge is 0.492 e. The third-order valence-electron chi connectivity index (χ3n) is 4.16. The Balaban J connectivity index is 1.84. The zero-order chi connectivity index (χ0) is 20.9. The SMILES string of the molecule is CCNC(=NCc1cccc(OCCN(C)CCOC)c1)NCc1ncc(C)s1. The number of likely N-dealkylation sites (N-methyl/N-ethyl adjacent to an activating group) is 1. The molecule has 0 atom stereocenters. The van der Waals surface area contributed by atoms with E-state index in [0.717, 1.165) is 48.5 Å². The lowest BCUT2D eigenvalue weighted by Crippen LogP contribution is -2.36. The molecule has 0 aliphatic carbocycles. The molecule has 0 spiro atoms. The average Bonchev–Trinajstić information content (AvgIpc) is 3.14. The van der Waals surface area contributed by atoms with Crippen molar-refractivity contribution in [2.24, 2.45) is 4.99 Å². The highest BCUT2D eigenvalue weighted by Crippen LogP contribution is 2.14. The Labute approximate surface area is 178 Å². The number of aliphatic imine (C=N–C) groups is 1. The van der Waals surface area contributed by atoms with Gasteiger partial charge >= 0.3 is 0 Å². The van der Waals surface area contributed by atoms with Crippen molar-refractivity contribution in [3.8, 4) is 5.75 Å². The molecule has 0 fully saturated rings. The van der Waals surface area contributed by atoms with E-state index in [0.29, 0.717) is 19.7 Å². The van der Waals surface area contributed by atoms with Crippen LogP contribution in [0, 0.1) is 6.92 Å². The molecule has 160 valence electrons. The van der Waals surface area contributed by atoms with Crippen molar-refractivity contribution < 1.29 is 9.47 Å². The Kier molecular flexibility index (Phi) is 10.5. The van der Waals surface area contributed by atoms with Crippen LogP contribution in [0.3, 0.4) is 0 Å². The minimum atomic E-state index is 0.581. The molecule has 8 heteroatoms. The summed E-state index contributed by atoms with van der Waals surface area (Å²) in [4.78, 5) is 12.5. The van der Waals surface area contributed by atoms with Gasteiger partial charge in [-0.2, -0.15) is 0 Å². The summed E-state index contributed by atoms with van der Waals surface area (Å²) in [5, 5.41) is 7.67. The second-order valence-corrected chi connectivity index (χ2v) is 8.02. The molecule has 0 unspecified atom stereocenters. The molecule has 1 aromatic carbocycles. The number of aromatic nitrogens is 1. The predicted octanol–water partition coefficient (Wildman–Crippen LogP) is 2.66. The third-order valence-corrected chi connectivity index (χ3v) is 5.07. The summed E-state index contributed by atoms with van der Waals surface area (Å²) in [6, 6.07) is 8.10. The van der Waals surface area contributed by atoms with Gasteiger partial charge in [-0.3, -0.25) is 0 Å². The molecular formula is C21H33N5O2S. The molecule has 0 saturated heterocycles. The predicted molar refractivity (Wildman–Crippen MR) is 120 cm³/mol. The van der Waals surface area contributed by atoms with E-state index in [1.165, 1.54) is 4.88 Å². The monoisotopic (exact) mass is 419 g/mol. The second kappa shape index (κ2) is 13.1. The minimum Gasteiger partial charge on any atom is -0.492 e. The van der Waals surface area contributed by atoms with E-state index in [2.05, 4.69) is 52.5 Å². The molecule has 2 aromatic rings. The number of aryl methyl sites for hydroxylation is 1. The quantitative estimate of drug-likeness (QED) is 0.407. The highest BCUT2D eigenvalue weighted by atomic mass is 32.1. The van der Waals surface area contributed by atoms with Gasteiger partial charge in [-0.05, 0) is 38.6 Å². The lowest BCUT2D eigenvalue weighted by Gasteiger charge is -2.16. The molecule has 0 amide bonds. The molecule has 1 aromatic heterocycles. The molecule has 0 radical (unpaired) electrons. The normalized spacial score (nSPS) is 11.7. The molecule has 0 aliphatic heterocycles. The van der Waals surface area contributed by atoms with E-state index in [1.807, 2.05) is 24.4 Å². The van der Waals surface area contributed by atoms with Gasteiger partial charge in [0.25, 0.3) is 0 Å². The van der Waals surface area contributed by atoms with Crippen molar-refractivity contribution in [2.45, 2.75) is 26.9 Å². The first-order valence-corrected chi connectivity index (χ1v) is 10.7. The van der Waals surface area contributed by atoms with Crippen LogP contribution in [-0.2, 0) is 17.8 Å². The van der Waals surface area contributed by atoms with Crippen LogP contribution in [0.1, 0.15) is 22.4 Å². The molecular weight excluding hydrogens is 386 g/mol. The molecule has 29 heavy (non-hydrogen) atoms. The Hall–Kier alpha value is -2.16. The minimum absolute atomic E-state index is 0.581. The smallest absolute Gasteiger partial charge is 0.191 e. The van der Waals surface area contributed by atoms with Crippen LogP contribution in [0.15, 0.2) is 35.5 Å². The van der Waals surface area contributed by atoms with E-state index in [-0.39, 0.29) is 0 Å². The fraction of sp³-hybridized carbons (Fsp3) is 0.524. The molecule has 2 rings (SSSR count). The van der Waals surface area contributed by atoms with Crippen molar-refractivity contribution in [1.82, 2.24) is 20.5 Å². The van der Waals surface area contributed by atoms with Gasteiger partial charge in [0.15, 0.2) is 5.96 Å². The summed E-state index contributed by atoms with van der Waals surface area (Å²) in [6.07, 6.45) is 1.90. The highest BCUT2D eigenvalue weighted by molar-refractivity contribution is 7.11. The lowest BCUT2D eigenvalue weighted by molar-refractivity contribution is 0.150. The number of ether oxygens (including phenoxy) is 2. The van der Waals surface area contributed by atoms with Gasteiger partial charge in [-0.15, -0.1) is 11.3 Å². The number of guanidine groups is 1. The van der Waals surface area contributed by atoms with Crippen LogP contribution >= 0.6 is 11.3 Å². The summed E-state index contributed by atoms with van der Waals surface area (Å²) in [5.74, 6) is 1.65. The Morgan fingerprint density at radius 2 is 2.07 bits per heavy atom. The van der Waals surface area contributed by atoms with Gasteiger partial charge in [-0.25, -0.2) is 9.98 Å². The van der Waals surface area contributed by atoms with Gasteiger partial charge < -0.3 is 25.0 Å². The maximum Gasteiger partial charge on any atom is 0.191 e. The van der Waals surface area contributed by atoms with Crippen molar-refractivity contribution in [3.05, 3.63) is 45.9 Å². The summed E-state index contributed by atoms with van der Waals surface area (Å²) < 4.78 is 11.0. The third kappa shape index (κ3) is 9.25. The summed E-state index contributed by atoms with van der Waals surface area (Å²) in [7, 11) is 3.78. The Bertz CT molecular complexity index is 750. The van der Waals surface area contributed by atoms with Crippen molar-refractivity contribution in [3.63, 3.8) is 0 Å². The van der Waals surface area contributed by atoms with E-state index in [9.17, 15) is 0 Å². The zero-order valence-electron chi connectivity index (χ0n) is 17.9. The lowest BCUT2D eigenvalue weighted by atomic mass is 10.2. The van der Waals surface area contributed by atoms with E-state index >= 15 is 0 Å². The topological polar surface area (TPSA) is 71.0 Å². The number of methoxy groups -OCH3 is 1. The fourth-order valence-electron chi connectivity index (χ4n) is 2.57. The standard InChI is InChI=1S/C21H33N5O2S/c1-5-22-21(25-16-20-23-14-17(2)29-20)24-15-18-7-6-8-19(13-18)28-12-10-26(3)9-11-27-4/h6-8,13-14H,5,9-12,15-16H2,1-4H3,(H2,22,24,25). The number of rotatable bonds is 12. The van der Waals surface area contributed by atoms with E-state index in [4.69, 9.17) is 9.47 Å². The summed E-state index contributed by atoms with van der Waals surface area (Å²) in [5.41, 5.74) is 1.11. The molecule has 2 N–H and O–H groups in total. The van der Waals surface area contributed by atoms with Crippen LogP contribution in [0.5, 0.6) is 5.75 Å². The number of nitrogens with one attached hydrogen (secondary N) is 2. The number of nitrogens with zero attached hydrogens (tertiary/aromatic N) is 3. The number of hydrogen-bond acceptors (Lipinski definition) is 6. The van der Waals surface area contributed by atoms with Crippen molar-refractivity contribution in [2.75, 3.05) is 47.0 Å². The van der Waals surface area contributed by atoms with Crippen molar-refractivity contribution in [1.29, 1.82) is 0 Å². The second-order valence-electron chi connectivity index (χ2n) is 6.71. The maximum atomic E-state index is 5.89. The van der Waals surface area contributed by atoms with Crippen LogP contribution in [0.4, 0.5) is 0 Å². The molecule has 7 nitrogen and oxygen atoms in total. The molecule has 1 heterocycles. The zero-order valence-corrected chi connectivity index (χ0v) is 18.7. The van der Waals surface area contributed by atoms with Crippen LogP contribution in [-0.4, -0.2) is 62.8 Å². The maximum absolute atomic E-state index is 5.89.